The van der Waals surface area contributed by atoms with Crippen molar-refractivity contribution in [3.05, 3.63) is 42.0 Å². The normalized spacial score (nSPS) is 25.4. The van der Waals surface area contributed by atoms with E-state index in [0.29, 0.717) is 25.6 Å². The summed E-state index contributed by atoms with van der Waals surface area (Å²) in [5.74, 6) is 0.779. The Morgan fingerprint density at radius 2 is 1.44 bits per heavy atom. The SMILES string of the molecule is COc1ccc(COC[C@H](C)C[C@H](C)[C@H]2OC(=O)[C@@H](C)C(O[Si](C)(C)C(C)(C)C)C[C@H](O[Si](C)(C)C(C)(C)C)C=C[C@@H]2C)cc1. The van der Waals surface area contributed by atoms with E-state index in [9.17, 15) is 4.79 Å². The number of carbonyl (C=O) groups is 1. The first-order valence-electron chi connectivity index (χ1n) is 17.0. The maximum absolute atomic E-state index is 13.9. The highest BCUT2D eigenvalue weighted by Crippen LogP contribution is 2.41. The van der Waals surface area contributed by atoms with Crippen LogP contribution in [0.25, 0.3) is 0 Å². The minimum atomic E-state index is -2.17. The van der Waals surface area contributed by atoms with E-state index in [-0.39, 0.29) is 46.2 Å². The standard InChI is InChI=1S/C37H66O6Si2/c1-26(24-40-25-30-17-20-31(39-11)21-18-30)22-28(3)34-27(2)16-19-32(42-44(12,13)36(5,6)7)23-33(29(4)35(38)41-34)43-45(14,15)37(8,9)10/h16-21,26-29,32-34H,22-25H2,1-15H3/t26-,27+,28+,29+,32-,33?,34+/m1/s1. The molecule has 0 saturated carbocycles. The van der Waals surface area contributed by atoms with Crippen LogP contribution >= 0.6 is 0 Å². The fourth-order valence-corrected chi connectivity index (χ4v) is 8.04. The van der Waals surface area contributed by atoms with Crippen LogP contribution in [0.3, 0.4) is 0 Å². The molecule has 0 N–H and O–H groups in total. The first-order valence-corrected chi connectivity index (χ1v) is 22.8. The van der Waals surface area contributed by atoms with Crippen LogP contribution in [-0.2, 0) is 29.7 Å². The molecule has 0 saturated heterocycles. The van der Waals surface area contributed by atoms with E-state index in [1.54, 1.807) is 7.11 Å². The lowest BCUT2D eigenvalue weighted by molar-refractivity contribution is -0.162. The van der Waals surface area contributed by atoms with Gasteiger partial charge in [0, 0.05) is 18.9 Å². The van der Waals surface area contributed by atoms with Crippen molar-refractivity contribution in [2.75, 3.05) is 13.7 Å². The minimum Gasteiger partial charge on any atom is -0.497 e. The largest absolute Gasteiger partial charge is 0.497 e. The minimum absolute atomic E-state index is 0.0225. The topological polar surface area (TPSA) is 63.2 Å². The average Bonchev–Trinajstić information content (AvgIpc) is 2.91. The molecule has 1 aromatic carbocycles. The third-order valence-electron chi connectivity index (χ3n) is 10.5. The van der Waals surface area contributed by atoms with Crippen molar-refractivity contribution in [2.24, 2.45) is 23.7 Å². The van der Waals surface area contributed by atoms with Gasteiger partial charge in [0.2, 0.25) is 0 Å². The summed E-state index contributed by atoms with van der Waals surface area (Å²) in [5.41, 5.74) is 1.12. The number of cyclic esters (lactones) is 1. The molecule has 0 bridgehead atoms. The van der Waals surface area contributed by atoms with Gasteiger partial charge in [-0.3, -0.25) is 4.79 Å². The van der Waals surface area contributed by atoms with E-state index in [4.69, 9.17) is 23.1 Å². The summed E-state index contributed by atoms with van der Waals surface area (Å²) in [6.45, 7) is 32.4. The molecule has 6 nitrogen and oxygen atoms in total. The molecule has 0 fully saturated rings. The first kappa shape index (κ1) is 39.7. The molecular formula is C37H66O6Si2. The van der Waals surface area contributed by atoms with Crippen molar-refractivity contribution < 1.29 is 27.9 Å². The van der Waals surface area contributed by atoms with E-state index < -0.39 is 22.6 Å². The maximum Gasteiger partial charge on any atom is 0.311 e. The molecule has 1 aromatic rings. The van der Waals surface area contributed by atoms with Crippen molar-refractivity contribution in [1.29, 1.82) is 0 Å². The van der Waals surface area contributed by atoms with Crippen LogP contribution in [0.2, 0.25) is 36.3 Å². The molecular weight excluding hydrogens is 597 g/mol. The Morgan fingerprint density at radius 3 is 1.98 bits per heavy atom. The van der Waals surface area contributed by atoms with Gasteiger partial charge in [-0.15, -0.1) is 0 Å². The van der Waals surface area contributed by atoms with Crippen LogP contribution in [-0.4, -0.2) is 54.6 Å². The number of esters is 1. The first-order chi connectivity index (χ1) is 20.6. The summed E-state index contributed by atoms with van der Waals surface area (Å²) in [6, 6.07) is 7.98. The van der Waals surface area contributed by atoms with Crippen molar-refractivity contribution in [3.63, 3.8) is 0 Å². The molecule has 7 atom stereocenters. The van der Waals surface area contributed by atoms with Crippen molar-refractivity contribution in [1.82, 2.24) is 0 Å². The van der Waals surface area contributed by atoms with Crippen LogP contribution in [0, 0.1) is 23.7 Å². The van der Waals surface area contributed by atoms with Crippen molar-refractivity contribution in [3.8, 4) is 5.75 Å². The van der Waals surface area contributed by atoms with Crippen LogP contribution in [0.1, 0.15) is 87.6 Å². The molecule has 1 unspecified atom stereocenters. The molecule has 8 heteroatoms. The number of ether oxygens (including phenoxy) is 3. The zero-order valence-corrected chi connectivity index (χ0v) is 33.3. The molecule has 0 amide bonds. The number of methoxy groups -OCH3 is 1. The number of rotatable bonds is 12. The summed E-state index contributed by atoms with van der Waals surface area (Å²) in [4.78, 5) is 13.9. The van der Waals surface area contributed by atoms with Crippen LogP contribution < -0.4 is 4.74 Å². The highest BCUT2D eigenvalue weighted by atomic mass is 28.4. The summed E-state index contributed by atoms with van der Waals surface area (Å²) in [7, 11) is -2.58. The molecule has 0 aliphatic carbocycles. The number of hydrogen-bond acceptors (Lipinski definition) is 6. The molecule has 0 radical (unpaired) electrons. The van der Waals surface area contributed by atoms with Gasteiger partial charge in [-0.05, 0) is 79.1 Å². The summed E-state index contributed by atoms with van der Waals surface area (Å²) < 4.78 is 31.7. The smallest absolute Gasteiger partial charge is 0.311 e. The predicted octanol–water partition coefficient (Wildman–Crippen LogP) is 9.80. The molecule has 45 heavy (non-hydrogen) atoms. The summed E-state index contributed by atoms with van der Waals surface area (Å²) in [5, 5.41) is 0.0967. The monoisotopic (exact) mass is 662 g/mol. The molecule has 1 aliphatic rings. The summed E-state index contributed by atoms with van der Waals surface area (Å²) >= 11 is 0. The molecule has 1 heterocycles. The zero-order chi connectivity index (χ0) is 34.4. The van der Waals surface area contributed by atoms with Gasteiger partial charge in [0.1, 0.15) is 11.9 Å². The number of hydrogen-bond donors (Lipinski definition) is 0. The Kier molecular flexibility index (Phi) is 14.2. The predicted molar refractivity (Wildman–Crippen MR) is 192 cm³/mol. The van der Waals surface area contributed by atoms with Crippen molar-refractivity contribution >= 4 is 22.6 Å². The quantitative estimate of drug-likeness (QED) is 0.126. The third-order valence-corrected chi connectivity index (χ3v) is 19.5. The lowest BCUT2D eigenvalue weighted by Crippen LogP contribution is -2.50. The number of benzene rings is 1. The van der Waals surface area contributed by atoms with E-state index >= 15 is 0 Å². The van der Waals surface area contributed by atoms with Gasteiger partial charge in [-0.2, -0.15) is 0 Å². The van der Waals surface area contributed by atoms with Gasteiger partial charge in [-0.25, -0.2) is 0 Å². The molecule has 1 aliphatic heterocycles. The number of carbonyl (C=O) groups excluding carboxylic acids is 1. The van der Waals surface area contributed by atoms with Crippen LogP contribution in [0.15, 0.2) is 36.4 Å². The van der Waals surface area contributed by atoms with Gasteiger partial charge in [0.15, 0.2) is 16.6 Å². The fraction of sp³-hybridized carbons (Fsp3) is 0.757. The second kappa shape index (κ2) is 16.1. The molecule has 258 valence electrons. The third kappa shape index (κ3) is 11.6. The van der Waals surface area contributed by atoms with Gasteiger partial charge < -0.3 is 23.1 Å². The Hall–Kier alpha value is -1.46. The van der Waals surface area contributed by atoms with E-state index in [0.717, 1.165) is 17.7 Å². The van der Waals surface area contributed by atoms with E-state index in [1.165, 1.54) is 0 Å². The van der Waals surface area contributed by atoms with Gasteiger partial charge in [0.05, 0.1) is 31.8 Å². The lowest BCUT2D eigenvalue weighted by atomic mass is 9.85. The van der Waals surface area contributed by atoms with E-state index in [2.05, 4.69) is 101 Å². The Labute approximate surface area is 278 Å². The second-order valence-corrected chi connectivity index (χ2v) is 26.2. The zero-order valence-electron chi connectivity index (χ0n) is 31.3. The average molecular weight is 663 g/mol. The Balaban J connectivity index is 2.27. The van der Waals surface area contributed by atoms with Crippen LogP contribution in [0.5, 0.6) is 5.75 Å². The molecule has 0 aromatic heterocycles. The molecule has 0 spiro atoms. The van der Waals surface area contributed by atoms with Crippen LogP contribution in [0.4, 0.5) is 0 Å². The van der Waals surface area contributed by atoms with Gasteiger partial charge in [-0.1, -0.05) is 86.6 Å². The Bertz CT molecular complexity index is 1090. The Morgan fingerprint density at radius 1 is 0.889 bits per heavy atom. The van der Waals surface area contributed by atoms with Gasteiger partial charge >= 0.3 is 5.97 Å². The fourth-order valence-electron chi connectivity index (χ4n) is 5.34. The van der Waals surface area contributed by atoms with E-state index in [1.807, 2.05) is 31.2 Å². The highest BCUT2D eigenvalue weighted by molar-refractivity contribution is 6.74. The second-order valence-electron chi connectivity index (χ2n) is 16.7. The maximum atomic E-state index is 13.9. The van der Waals surface area contributed by atoms with Crippen molar-refractivity contribution in [2.45, 2.75) is 143 Å². The lowest BCUT2D eigenvalue weighted by Gasteiger charge is -2.43. The highest BCUT2D eigenvalue weighted by Gasteiger charge is 2.45. The molecule has 2 rings (SSSR count). The van der Waals surface area contributed by atoms with Gasteiger partial charge in [0.25, 0.3) is 0 Å². The summed E-state index contributed by atoms with van der Waals surface area (Å²) in [6.07, 6.45) is 5.32.